The van der Waals surface area contributed by atoms with Gasteiger partial charge in [-0.05, 0) is 73.2 Å². The number of carbonyl (C=O) groups is 2. The number of fused-ring (bicyclic) bond motifs is 1. The van der Waals surface area contributed by atoms with E-state index in [2.05, 4.69) is 38.7 Å². The first-order valence-electron chi connectivity index (χ1n) is 14.5. The Morgan fingerprint density at radius 3 is 2.38 bits per heavy atom. The third-order valence-electron chi connectivity index (χ3n) is 7.58. The van der Waals surface area contributed by atoms with E-state index in [1.165, 1.54) is 17.0 Å². The predicted molar refractivity (Wildman–Crippen MR) is 173 cm³/mol. The van der Waals surface area contributed by atoms with E-state index in [1.807, 2.05) is 31.2 Å². The summed E-state index contributed by atoms with van der Waals surface area (Å²) < 4.78 is 20.2. The molecule has 2 N–H and O–H groups in total. The quantitative estimate of drug-likeness (QED) is 0.245. The number of anilines is 3. The van der Waals surface area contributed by atoms with Gasteiger partial charge in [0.2, 0.25) is 0 Å². The van der Waals surface area contributed by atoms with Crippen LogP contribution in [0.1, 0.15) is 16.1 Å². The minimum atomic E-state index is -0.709. The Kier molecular flexibility index (Phi) is 8.35. The molecular formula is C34H32FN7O3. The molecule has 0 spiro atoms. The van der Waals surface area contributed by atoms with Crippen LogP contribution in [0.3, 0.4) is 0 Å². The largest absolute Gasteiger partial charge is 0.378 e. The molecule has 1 aliphatic rings. The molecule has 3 amide bonds. The molecule has 6 rings (SSSR count). The summed E-state index contributed by atoms with van der Waals surface area (Å²) >= 11 is 0. The van der Waals surface area contributed by atoms with Gasteiger partial charge in [0.1, 0.15) is 11.6 Å². The summed E-state index contributed by atoms with van der Waals surface area (Å²) in [5.74, 6) is 0.352. The highest BCUT2D eigenvalue weighted by atomic mass is 19.1. The number of ether oxygens (including phenoxy) is 1. The summed E-state index contributed by atoms with van der Waals surface area (Å²) in [6, 6.07) is 20.6. The Balaban J connectivity index is 1.25. The summed E-state index contributed by atoms with van der Waals surface area (Å²) in [6.07, 6.45) is 1.78. The smallest absolute Gasteiger partial charge is 0.323 e. The van der Waals surface area contributed by atoms with Crippen LogP contribution in [0, 0.1) is 12.7 Å². The number of nitrogens with one attached hydrogen (secondary N) is 2. The number of halogens is 1. The van der Waals surface area contributed by atoms with Crippen LogP contribution in [0.5, 0.6) is 0 Å². The highest BCUT2D eigenvalue weighted by Gasteiger charge is 2.19. The number of amides is 3. The van der Waals surface area contributed by atoms with Crippen LogP contribution in [0.2, 0.25) is 0 Å². The lowest BCUT2D eigenvalue weighted by atomic mass is 10.0. The Hall–Kier alpha value is -5.42. The Morgan fingerprint density at radius 1 is 0.911 bits per heavy atom. The van der Waals surface area contributed by atoms with Crippen LogP contribution in [0.4, 0.5) is 26.4 Å². The van der Waals surface area contributed by atoms with Crippen molar-refractivity contribution in [3.8, 4) is 22.5 Å². The second kappa shape index (κ2) is 12.7. The molecule has 11 heteroatoms. The number of aromatic nitrogens is 3. The van der Waals surface area contributed by atoms with Gasteiger partial charge < -0.3 is 25.2 Å². The Bertz CT molecular complexity index is 1890. The number of carbonyl (C=O) groups excluding carboxylic acids is 2. The van der Waals surface area contributed by atoms with Crippen LogP contribution in [0.15, 0.2) is 79.0 Å². The van der Waals surface area contributed by atoms with E-state index in [0.29, 0.717) is 24.7 Å². The SMILES string of the molecule is Cc1ncccc1-c1ccc2c(N3CCOCC3)nc(-c3ccc(NC(=O)Nc4ccc(C(=O)N(C)C)cc4F)cc3)nc2c1. The summed E-state index contributed by atoms with van der Waals surface area (Å²) in [5, 5.41) is 6.16. The van der Waals surface area contributed by atoms with Crippen molar-refractivity contribution in [2.75, 3.05) is 55.9 Å². The molecule has 0 unspecified atom stereocenters. The van der Waals surface area contributed by atoms with Crippen molar-refractivity contribution >= 4 is 40.0 Å². The summed E-state index contributed by atoms with van der Waals surface area (Å²) in [7, 11) is 3.17. The maximum Gasteiger partial charge on any atom is 0.323 e. The molecule has 3 heterocycles. The first-order valence-corrected chi connectivity index (χ1v) is 14.5. The number of hydrogen-bond acceptors (Lipinski definition) is 7. The number of urea groups is 1. The molecule has 0 atom stereocenters. The zero-order valence-electron chi connectivity index (χ0n) is 25.2. The van der Waals surface area contributed by atoms with Crippen LogP contribution in [0.25, 0.3) is 33.4 Å². The second-order valence-corrected chi connectivity index (χ2v) is 10.9. The standard InChI is InChI=1S/C34H32FN7O3/c1-21-26(5-4-14-36-21)23-8-12-27-30(20-23)38-31(40-32(27)42-15-17-45-18-16-42)22-6-10-25(11-7-22)37-34(44)39-29-13-9-24(19-28(29)35)33(43)41(2)3/h4-14,19-20H,15-18H2,1-3H3,(H2,37,39,44). The number of nitrogens with zero attached hydrogens (tertiary/aromatic N) is 5. The van der Waals surface area contributed by atoms with Crippen LogP contribution >= 0.6 is 0 Å². The molecule has 10 nitrogen and oxygen atoms in total. The van der Waals surface area contributed by atoms with Gasteiger partial charge in [0.15, 0.2) is 5.82 Å². The van der Waals surface area contributed by atoms with Crippen LogP contribution in [-0.4, -0.2) is 72.2 Å². The van der Waals surface area contributed by atoms with E-state index in [9.17, 15) is 14.0 Å². The average Bonchev–Trinajstić information content (AvgIpc) is 3.05. The molecule has 1 aliphatic heterocycles. The highest BCUT2D eigenvalue weighted by Crippen LogP contribution is 2.32. The van der Waals surface area contributed by atoms with E-state index in [1.54, 1.807) is 32.4 Å². The fourth-order valence-corrected chi connectivity index (χ4v) is 5.21. The van der Waals surface area contributed by atoms with Crippen molar-refractivity contribution in [3.05, 3.63) is 96.1 Å². The fraction of sp³-hybridized carbons (Fsp3) is 0.206. The van der Waals surface area contributed by atoms with E-state index in [-0.39, 0.29) is 17.2 Å². The first-order chi connectivity index (χ1) is 21.8. The van der Waals surface area contributed by atoms with E-state index >= 15 is 0 Å². The zero-order chi connectivity index (χ0) is 31.5. The lowest BCUT2D eigenvalue weighted by molar-refractivity contribution is 0.0827. The summed E-state index contributed by atoms with van der Waals surface area (Å²) in [4.78, 5) is 42.7. The normalized spacial score (nSPS) is 13.0. The molecule has 5 aromatic rings. The molecule has 1 fully saturated rings. The van der Waals surface area contributed by atoms with E-state index in [4.69, 9.17) is 14.7 Å². The van der Waals surface area contributed by atoms with Crippen molar-refractivity contribution in [2.45, 2.75) is 6.92 Å². The topological polar surface area (TPSA) is 113 Å². The second-order valence-electron chi connectivity index (χ2n) is 10.9. The predicted octanol–water partition coefficient (Wildman–Crippen LogP) is 5.99. The number of benzene rings is 3. The fourth-order valence-electron chi connectivity index (χ4n) is 5.21. The van der Waals surface area contributed by atoms with E-state index < -0.39 is 11.8 Å². The summed E-state index contributed by atoms with van der Waals surface area (Å²) in [5.41, 5.74) is 5.23. The van der Waals surface area contributed by atoms with Gasteiger partial charge in [-0.2, -0.15) is 0 Å². The number of pyridine rings is 1. The molecule has 2 aromatic heterocycles. The third-order valence-corrected chi connectivity index (χ3v) is 7.58. The molecule has 45 heavy (non-hydrogen) atoms. The lowest BCUT2D eigenvalue weighted by Crippen LogP contribution is -2.37. The number of aryl methyl sites for hydroxylation is 1. The van der Waals surface area contributed by atoms with Crippen molar-refractivity contribution in [2.24, 2.45) is 0 Å². The minimum absolute atomic E-state index is 0.0412. The van der Waals surface area contributed by atoms with Gasteiger partial charge in [-0.3, -0.25) is 9.78 Å². The van der Waals surface area contributed by atoms with Gasteiger partial charge in [0, 0.05) is 66.8 Å². The molecule has 0 radical (unpaired) electrons. The minimum Gasteiger partial charge on any atom is -0.378 e. The van der Waals surface area contributed by atoms with Crippen molar-refractivity contribution in [1.29, 1.82) is 0 Å². The van der Waals surface area contributed by atoms with Gasteiger partial charge >= 0.3 is 6.03 Å². The lowest BCUT2D eigenvalue weighted by Gasteiger charge is -2.29. The van der Waals surface area contributed by atoms with Gasteiger partial charge in [-0.25, -0.2) is 19.2 Å². The molecule has 1 saturated heterocycles. The molecular weight excluding hydrogens is 573 g/mol. The number of morpholine rings is 1. The van der Waals surface area contributed by atoms with Gasteiger partial charge in [-0.1, -0.05) is 12.1 Å². The first kappa shape index (κ1) is 29.6. The molecule has 0 bridgehead atoms. The van der Waals surface area contributed by atoms with Crippen molar-refractivity contribution in [1.82, 2.24) is 19.9 Å². The monoisotopic (exact) mass is 605 g/mol. The Labute approximate surface area is 259 Å². The van der Waals surface area contributed by atoms with Gasteiger partial charge in [0.25, 0.3) is 5.91 Å². The molecule has 0 aliphatic carbocycles. The van der Waals surface area contributed by atoms with Crippen molar-refractivity contribution < 1.29 is 18.7 Å². The van der Waals surface area contributed by atoms with Crippen LogP contribution < -0.4 is 15.5 Å². The van der Waals surface area contributed by atoms with Crippen LogP contribution in [-0.2, 0) is 4.74 Å². The molecule has 0 saturated carbocycles. The average molecular weight is 606 g/mol. The van der Waals surface area contributed by atoms with E-state index in [0.717, 1.165) is 58.3 Å². The van der Waals surface area contributed by atoms with Gasteiger partial charge in [0.05, 0.1) is 24.4 Å². The highest BCUT2D eigenvalue weighted by molar-refractivity contribution is 6.01. The maximum absolute atomic E-state index is 14.6. The summed E-state index contributed by atoms with van der Waals surface area (Å²) in [6.45, 7) is 4.68. The zero-order valence-corrected chi connectivity index (χ0v) is 25.2. The third kappa shape index (κ3) is 6.43. The number of rotatable bonds is 6. The van der Waals surface area contributed by atoms with Crippen molar-refractivity contribution in [3.63, 3.8) is 0 Å². The van der Waals surface area contributed by atoms with Gasteiger partial charge in [-0.15, -0.1) is 0 Å². The molecule has 3 aromatic carbocycles. The maximum atomic E-state index is 14.6. The Morgan fingerprint density at radius 2 is 1.67 bits per heavy atom. The molecule has 228 valence electrons. The number of hydrogen-bond donors (Lipinski definition) is 2.